The maximum absolute atomic E-state index is 12.9. The molecule has 0 rings (SSSR count). The topological polar surface area (TPSA) is 78.9 Å². The molecule has 0 aromatic heterocycles. The van der Waals surface area contributed by atoms with E-state index in [0.717, 1.165) is 77.0 Å². The molecule has 0 heterocycles. The number of carbonyl (C=O) groups excluding carboxylic acids is 3. The molecule has 0 spiro atoms. The van der Waals surface area contributed by atoms with E-state index < -0.39 is 6.10 Å². The van der Waals surface area contributed by atoms with Gasteiger partial charge in [0, 0.05) is 19.3 Å². The van der Waals surface area contributed by atoms with Crippen LogP contribution >= 0.6 is 0 Å². The van der Waals surface area contributed by atoms with Crippen LogP contribution < -0.4 is 0 Å². The second-order valence-electron chi connectivity index (χ2n) is 21.0. The molecule has 410 valence electrons. The van der Waals surface area contributed by atoms with Gasteiger partial charge < -0.3 is 14.2 Å². The summed E-state index contributed by atoms with van der Waals surface area (Å²) in [7, 11) is 0. The number of ether oxygens (including phenoxy) is 3. The molecule has 0 aliphatic heterocycles. The predicted molar refractivity (Wildman–Crippen MR) is 302 cm³/mol. The molecule has 6 nitrogen and oxygen atoms in total. The Hall–Kier alpha value is -2.37. The molecular formula is C64H118O6. The first-order chi connectivity index (χ1) is 34.5. The van der Waals surface area contributed by atoms with Crippen LogP contribution in [0, 0.1) is 0 Å². The number of rotatable bonds is 57. The van der Waals surface area contributed by atoms with Crippen molar-refractivity contribution in [2.24, 2.45) is 0 Å². The van der Waals surface area contributed by atoms with Crippen LogP contribution in [0.2, 0.25) is 0 Å². The van der Waals surface area contributed by atoms with Gasteiger partial charge in [0.05, 0.1) is 0 Å². The fourth-order valence-electron chi connectivity index (χ4n) is 9.22. The summed E-state index contributed by atoms with van der Waals surface area (Å²) in [5, 5.41) is 0. The van der Waals surface area contributed by atoms with Crippen molar-refractivity contribution in [3.63, 3.8) is 0 Å². The zero-order valence-electron chi connectivity index (χ0n) is 47.1. The van der Waals surface area contributed by atoms with Crippen LogP contribution in [0.5, 0.6) is 0 Å². The van der Waals surface area contributed by atoms with Crippen molar-refractivity contribution < 1.29 is 28.6 Å². The van der Waals surface area contributed by atoms with Crippen LogP contribution in [0.3, 0.4) is 0 Å². The van der Waals surface area contributed by atoms with Gasteiger partial charge >= 0.3 is 17.9 Å². The van der Waals surface area contributed by atoms with E-state index in [9.17, 15) is 14.4 Å². The van der Waals surface area contributed by atoms with Crippen LogP contribution in [0.15, 0.2) is 36.5 Å². The van der Waals surface area contributed by atoms with Crippen molar-refractivity contribution >= 4 is 17.9 Å². The molecule has 0 fully saturated rings. The lowest BCUT2D eigenvalue weighted by atomic mass is 10.0. The van der Waals surface area contributed by atoms with Gasteiger partial charge in [-0.3, -0.25) is 14.4 Å². The molecule has 0 aliphatic rings. The zero-order chi connectivity index (χ0) is 50.7. The van der Waals surface area contributed by atoms with Crippen LogP contribution in [0.25, 0.3) is 0 Å². The van der Waals surface area contributed by atoms with Gasteiger partial charge in [-0.2, -0.15) is 0 Å². The van der Waals surface area contributed by atoms with Gasteiger partial charge in [0.15, 0.2) is 6.10 Å². The molecule has 1 unspecified atom stereocenters. The first-order valence-electron chi connectivity index (χ1n) is 31.0. The van der Waals surface area contributed by atoms with Crippen LogP contribution in [0.4, 0.5) is 0 Å². The Morgan fingerprint density at radius 1 is 0.286 bits per heavy atom. The fourth-order valence-corrected chi connectivity index (χ4v) is 9.22. The Labute approximate surface area is 435 Å². The summed E-state index contributed by atoms with van der Waals surface area (Å²) >= 11 is 0. The standard InChI is InChI=1S/C64H118O6/c1-4-7-10-13-16-19-22-25-28-29-30-31-32-33-34-35-37-39-42-45-48-51-54-57-63(66)69-60-61(59-68-62(65)56-53-50-47-44-41-38-27-24-21-18-15-12-9-6-3)70-64(67)58-55-52-49-46-43-40-36-26-23-20-17-14-11-8-5-2/h22,25,29-30,32-33,61H,4-21,23-24,26-28,31,34-60H2,1-3H3/b25-22-,30-29-,33-32-. The third-order valence-corrected chi connectivity index (χ3v) is 13.9. The molecule has 0 aliphatic carbocycles. The van der Waals surface area contributed by atoms with Crippen molar-refractivity contribution in [2.45, 2.75) is 341 Å². The summed E-state index contributed by atoms with van der Waals surface area (Å²) in [5.74, 6) is -0.854. The van der Waals surface area contributed by atoms with Crippen molar-refractivity contribution in [2.75, 3.05) is 13.2 Å². The lowest BCUT2D eigenvalue weighted by molar-refractivity contribution is -0.167. The summed E-state index contributed by atoms with van der Waals surface area (Å²) < 4.78 is 16.9. The quantitative estimate of drug-likeness (QED) is 0.0261. The second-order valence-corrected chi connectivity index (χ2v) is 21.0. The monoisotopic (exact) mass is 983 g/mol. The van der Waals surface area contributed by atoms with Crippen LogP contribution in [-0.4, -0.2) is 37.2 Å². The molecule has 1 atom stereocenters. The van der Waals surface area contributed by atoms with Crippen molar-refractivity contribution in [3.05, 3.63) is 36.5 Å². The molecule has 0 bridgehead atoms. The molecule has 0 N–H and O–H groups in total. The van der Waals surface area contributed by atoms with Crippen molar-refractivity contribution in [3.8, 4) is 0 Å². The molecule has 6 heteroatoms. The van der Waals surface area contributed by atoms with Crippen LogP contribution in [0.1, 0.15) is 335 Å². The van der Waals surface area contributed by atoms with Gasteiger partial charge in [-0.25, -0.2) is 0 Å². The van der Waals surface area contributed by atoms with Crippen molar-refractivity contribution in [1.82, 2.24) is 0 Å². The number of carbonyl (C=O) groups is 3. The number of hydrogen-bond donors (Lipinski definition) is 0. The largest absolute Gasteiger partial charge is 0.462 e. The third-order valence-electron chi connectivity index (χ3n) is 13.9. The number of esters is 3. The molecule has 0 saturated heterocycles. The minimum atomic E-state index is -0.771. The van der Waals surface area contributed by atoms with E-state index in [0.29, 0.717) is 19.3 Å². The minimum absolute atomic E-state index is 0.0691. The summed E-state index contributed by atoms with van der Waals surface area (Å²) in [6.45, 7) is 6.68. The highest BCUT2D eigenvalue weighted by molar-refractivity contribution is 5.71. The zero-order valence-corrected chi connectivity index (χ0v) is 47.1. The van der Waals surface area contributed by atoms with Gasteiger partial charge in [-0.15, -0.1) is 0 Å². The Morgan fingerprint density at radius 3 is 0.800 bits per heavy atom. The Morgan fingerprint density at radius 2 is 0.514 bits per heavy atom. The molecule has 0 aromatic carbocycles. The minimum Gasteiger partial charge on any atom is -0.462 e. The average molecular weight is 984 g/mol. The van der Waals surface area contributed by atoms with E-state index in [1.807, 2.05) is 0 Å². The maximum atomic E-state index is 12.9. The van der Waals surface area contributed by atoms with Gasteiger partial charge in [0.2, 0.25) is 0 Å². The third kappa shape index (κ3) is 56.5. The van der Waals surface area contributed by atoms with Gasteiger partial charge in [-0.05, 0) is 57.8 Å². The Kier molecular flexibility index (Phi) is 57.2. The lowest BCUT2D eigenvalue weighted by Crippen LogP contribution is -2.30. The highest BCUT2D eigenvalue weighted by Crippen LogP contribution is 2.17. The SMILES string of the molecule is CCCCCCC/C=C\C/C=C\C/C=C\CCCCCCCCCCC(=O)OCC(COC(=O)CCCCCCCCCCCCCCCC)OC(=O)CCCCCCCCCCCCCCCCC. The van der Waals surface area contributed by atoms with Crippen molar-refractivity contribution in [1.29, 1.82) is 0 Å². The fraction of sp³-hybridized carbons (Fsp3) is 0.859. The number of allylic oxidation sites excluding steroid dienone is 6. The molecule has 0 amide bonds. The molecule has 0 saturated carbocycles. The smallest absolute Gasteiger partial charge is 0.306 e. The van der Waals surface area contributed by atoms with Gasteiger partial charge in [0.1, 0.15) is 13.2 Å². The summed E-state index contributed by atoms with van der Waals surface area (Å²) in [6.07, 6.45) is 71.4. The molecule has 70 heavy (non-hydrogen) atoms. The maximum Gasteiger partial charge on any atom is 0.306 e. The summed E-state index contributed by atoms with van der Waals surface area (Å²) in [5.41, 5.74) is 0. The average Bonchev–Trinajstić information content (AvgIpc) is 3.36. The van der Waals surface area contributed by atoms with E-state index in [1.165, 1.54) is 218 Å². The highest BCUT2D eigenvalue weighted by atomic mass is 16.6. The Bertz CT molecular complexity index is 1170. The van der Waals surface area contributed by atoms with E-state index >= 15 is 0 Å². The van der Waals surface area contributed by atoms with E-state index in [-0.39, 0.29) is 31.1 Å². The summed E-state index contributed by atoms with van der Waals surface area (Å²) in [4.78, 5) is 38.2. The number of hydrogen-bond acceptors (Lipinski definition) is 6. The van der Waals surface area contributed by atoms with E-state index in [1.54, 1.807) is 0 Å². The van der Waals surface area contributed by atoms with Gasteiger partial charge in [-0.1, -0.05) is 295 Å². The molecular weight excluding hydrogens is 865 g/mol. The normalized spacial score (nSPS) is 12.2. The first-order valence-corrected chi connectivity index (χ1v) is 31.0. The van der Waals surface area contributed by atoms with E-state index in [2.05, 4.69) is 57.2 Å². The van der Waals surface area contributed by atoms with Crippen LogP contribution in [-0.2, 0) is 28.6 Å². The molecule has 0 aromatic rings. The summed E-state index contributed by atoms with van der Waals surface area (Å²) in [6, 6.07) is 0. The van der Waals surface area contributed by atoms with E-state index in [4.69, 9.17) is 14.2 Å². The molecule has 0 radical (unpaired) electrons. The first kappa shape index (κ1) is 67.6. The number of unbranched alkanes of at least 4 members (excludes halogenated alkanes) is 40. The highest BCUT2D eigenvalue weighted by Gasteiger charge is 2.19. The Balaban J connectivity index is 4.30. The predicted octanol–water partition coefficient (Wildman–Crippen LogP) is 20.8. The van der Waals surface area contributed by atoms with Gasteiger partial charge in [0.25, 0.3) is 0 Å². The lowest BCUT2D eigenvalue weighted by Gasteiger charge is -2.18. The second kappa shape index (κ2) is 59.2.